The van der Waals surface area contributed by atoms with Crippen LogP contribution in [-0.4, -0.2) is 78.7 Å². The molecule has 2 aromatic rings. The number of amides is 2. The van der Waals surface area contributed by atoms with Crippen molar-refractivity contribution in [1.29, 1.82) is 0 Å². The smallest absolute Gasteiger partial charge is 0.410 e. The van der Waals surface area contributed by atoms with E-state index >= 15 is 0 Å². The van der Waals surface area contributed by atoms with Crippen LogP contribution in [0.15, 0.2) is 48.5 Å². The molecule has 0 spiro atoms. The van der Waals surface area contributed by atoms with Crippen molar-refractivity contribution in [3.05, 3.63) is 69.8 Å². The molecule has 2 heterocycles. The maximum absolute atomic E-state index is 12.8. The minimum atomic E-state index is -0.848. The fourth-order valence-electron chi connectivity index (χ4n) is 4.65. The Morgan fingerprint density at radius 1 is 1.10 bits per heavy atom. The van der Waals surface area contributed by atoms with Crippen molar-refractivity contribution in [2.75, 3.05) is 33.9 Å². The van der Waals surface area contributed by atoms with Crippen LogP contribution in [0.1, 0.15) is 24.0 Å². The van der Waals surface area contributed by atoms with Crippen LogP contribution in [0.3, 0.4) is 0 Å². The minimum absolute atomic E-state index is 0.0849. The van der Waals surface area contributed by atoms with Gasteiger partial charge in [-0.1, -0.05) is 30.3 Å². The van der Waals surface area contributed by atoms with Gasteiger partial charge in [0.15, 0.2) is 17.5 Å². The Morgan fingerprint density at radius 3 is 2.41 bits per heavy atom. The van der Waals surface area contributed by atoms with Crippen molar-refractivity contribution < 1.29 is 38.3 Å². The maximum Gasteiger partial charge on any atom is 0.410 e. The minimum Gasteiger partial charge on any atom is -0.493 e. The van der Waals surface area contributed by atoms with Gasteiger partial charge in [0.1, 0.15) is 13.2 Å². The van der Waals surface area contributed by atoms with E-state index in [1.165, 1.54) is 43.4 Å². The van der Waals surface area contributed by atoms with Gasteiger partial charge in [-0.2, -0.15) is 0 Å². The monoisotopic (exact) mass is 539 g/mol. The summed E-state index contributed by atoms with van der Waals surface area (Å²) in [5.74, 6) is -0.370. The van der Waals surface area contributed by atoms with E-state index < -0.39 is 23.0 Å². The van der Waals surface area contributed by atoms with E-state index in [4.69, 9.17) is 18.9 Å². The predicted octanol–water partition coefficient (Wildman–Crippen LogP) is 3.18. The molecule has 2 saturated heterocycles. The van der Waals surface area contributed by atoms with Crippen molar-refractivity contribution in [3.63, 3.8) is 0 Å². The molecule has 2 aromatic carbocycles. The van der Waals surface area contributed by atoms with Gasteiger partial charge in [0, 0.05) is 25.2 Å². The summed E-state index contributed by atoms with van der Waals surface area (Å²) in [6, 6.07) is 10.8. The summed E-state index contributed by atoms with van der Waals surface area (Å²) in [5, 5.41) is 11.5. The van der Waals surface area contributed by atoms with Gasteiger partial charge >= 0.3 is 12.1 Å². The predicted molar refractivity (Wildman–Crippen MR) is 138 cm³/mol. The fraction of sp³-hybridized carbons (Fsp3) is 0.370. The Hall–Kier alpha value is -4.61. The van der Waals surface area contributed by atoms with Gasteiger partial charge in [-0.15, -0.1) is 0 Å². The van der Waals surface area contributed by atoms with Crippen molar-refractivity contribution in [1.82, 2.24) is 9.80 Å². The maximum atomic E-state index is 12.8. The molecule has 2 aliphatic rings. The number of rotatable bonds is 9. The quantitative estimate of drug-likeness (QED) is 0.204. The molecule has 12 nitrogen and oxygen atoms in total. The van der Waals surface area contributed by atoms with E-state index in [0.29, 0.717) is 31.7 Å². The van der Waals surface area contributed by atoms with Crippen LogP contribution in [0.2, 0.25) is 0 Å². The van der Waals surface area contributed by atoms with Crippen molar-refractivity contribution in [3.8, 4) is 11.5 Å². The Balaban J connectivity index is 1.37. The molecule has 0 bridgehead atoms. The van der Waals surface area contributed by atoms with E-state index in [9.17, 15) is 24.5 Å². The molecule has 12 heteroatoms. The summed E-state index contributed by atoms with van der Waals surface area (Å²) < 4.78 is 20.9. The van der Waals surface area contributed by atoms with Crippen LogP contribution in [0, 0.1) is 10.1 Å². The summed E-state index contributed by atoms with van der Waals surface area (Å²) in [6.45, 7) is 0.670. The molecule has 39 heavy (non-hydrogen) atoms. The molecule has 0 saturated carbocycles. The second kappa shape index (κ2) is 12.3. The number of methoxy groups -OCH3 is 2. The second-order valence-corrected chi connectivity index (χ2v) is 9.01. The van der Waals surface area contributed by atoms with Gasteiger partial charge in [-0.05, 0) is 30.5 Å². The van der Waals surface area contributed by atoms with Crippen LogP contribution < -0.4 is 9.47 Å². The average molecular weight is 540 g/mol. The summed E-state index contributed by atoms with van der Waals surface area (Å²) >= 11 is 0. The number of hydrogen-bond acceptors (Lipinski definition) is 9. The number of nitro benzene ring substituents is 1. The van der Waals surface area contributed by atoms with Crippen LogP contribution in [0.4, 0.5) is 10.5 Å². The number of ether oxygens (including phenoxy) is 4. The second-order valence-electron chi connectivity index (χ2n) is 9.01. The van der Waals surface area contributed by atoms with Gasteiger partial charge in [-0.25, -0.2) is 9.59 Å². The Labute approximate surface area is 224 Å². The van der Waals surface area contributed by atoms with Gasteiger partial charge in [0.05, 0.1) is 30.8 Å². The lowest BCUT2D eigenvalue weighted by atomic mass is 10.0. The summed E-state index contributed by atoms with van der Waals surface area (Å²) in [7, 11) is 2.79. The first-order chi connectivity index (χ1) is 18.8. The largest absolute Gasteiger partial charge is 0.493 e. The molecule has 2 aliphatic heterocycles. The average Bonchev–Trinajstić information content (AvgIpc) is 3.35. The van der Waals surface area contributed by atoms with Crippen molar-refractivity contribution in [2.24, 2.45) is 0 Å². The van der Waals surface area contributed by atoms with E-state index in [0.717, 1.165) is 5.56 Å². The fourth-order valence-corrected chi connectivity index (χ4v) is 4.65. The number of carbonyl (C=O) groups is 3. The molecule has 206 valence electrons. The van der Waals surface area contributed by atoms with Gasteiger partial charge in [-0.3, -0.25) is 19.8 Å². The van der Waals surface area contributed by atoms with Crippen LogP contribution >= 0.6 is 0 Å². The highest BCUT2D eigenvalue weighted by molar-refractivity contribution is 5.92. The summed E-state index contributed by atoms with van der Waals surface area (Å²) in [5.41, 5.74) is 0.798. The van der Waals surface area contributed by atoms with E-state index in [1.807, 2.05) is 30.3 Å². The topological polar surface area (TPSA) is 138 Å². The summed E-state index contributed by atoms with van der Waals surface area (Å²) in [6.07, 6.45) is 2.93. The standard InChI is InChI=1S/C27H29N3O9/c1-36-23-14-19(21(30(34)35)15-24(23)37-2)8-9-25(31)28-12-10-20(11-13-28)29-22(17-39-27(29)33)26(32)38-16-18-6-4-3-5-7-18/h3-9,14-15,20,22H,10-13,16-17H2,1-2H3/b9-8+/t22-/m0/s1. The normalized spacial score (nSPS) is 17.7. The zero-order chi connectivity index (χ0) is 27.9. The number of nitro groups is 1. The zero-order valence-electron chi connectivity index (χ0n) is 21.6. The molecule has 0 N–H and O–H groups in total. The Bertz CT molecular complexity index is 1260. The highest BCUT2D eigenvalue weighted by Gasteiger charge is 2.44. The van der Waals surface area contributed by atoms with Crippen LogP contribution in [0.25, 0.3) is 6.08 Å². The molecule has 0 aliphatic carbocycles. The number of piperidine rings is 1. The number of hydrogen-bond donors (Lipinski definition) is 0. The highest BCUT2D eigenvalue weighted by atomic mass is 16.6. The van der Waals surface area contributed by atoms with Crippen LogP contribution in [-0.2, 0) is 25.7 Å². The highest BCUT2D eigenvalue weighted by Crippen LogP contribution is 2.35. The number of benzene rings is 2. The number of likely N-dealkylation sites (tertiary alicyclic amines) is 1. The zero-order valence-corrected chi connectivity index (χ0v) is 21.6. The lowest BCUT2D eigenvalue weighted by Gasteiger charge is -2.36. The van der Waals surface area contributed by atoms with Gasteiger partial charge in [0.2, 0.25) is 5.91 Å². The molecule has 2 fully saturated rings. The molecular weight excluding hydrogens is 510 g/mol. The molecule has 2 amide bonds. The van der Waals surface area contributed by atoms with Gasteiger partial charge in [0.25, 0.3) is 5.69 Å². The van der Waals surface area contributed by atoms with Crippen LogP contribution in [0.5, 0.6) is 11.5 Å². The third kappa shape index (κ3) is 6.28. The molecule has 0 unspecified atom stereocenters. The molecular formula is C27H29N3O9. The third-order valence-corrected chi connectivity index (χ3v) is 6.71. The SMILES string of the molecule is COc1cc(/C=C/C(=O)N2CCC(N3C(=O)OC[C@H]3C(=O)OCc3ccccc3)CC2)c([N+](=O)[O-])cc1OC. The van der Waals surface area contributed by atoms with Crippen molar-refractivity contribution >= 4 is 29.7 Å². The molecule has 4 rings (SSSR count). The van der Waals surface area contributed by atoms with Crippen molar-refractivity contribution in [2.45, 2.75) is 31.5 Å². The van der Waals surface area contributed by atoms with E-state index in [-0.39, 0.29) is 42.2 Å². The molecule has 1 atom stereocenters. The lowest BCUT2D eigenvalue weighted by molar-refractivity contribution is -0.385. The first-order valence-corrected chi connectivity index (χ1v) is 12.4. The summed E-state index contributed by atoms with van der Waals surface area (Å²) in [4.78, 5) is 52.0. The lowest BCUT2D eigenvalue weighted by Crippen LogP contribution is -2.51. The number of carbonyl (C=O) groups excluding carboxylic acids is 3. The van der Waals surface area contributed by atoms with Gasteiger partial charge < -0.3 is 23.8 Å². The third-order valence-electron chi connectivity index (χ3n) is 6.71. The number of cyclic esters (lactones) is 1. The van der Waals surface area contributed by atoms with E-state index in [2.05, 4.69) is 0 Å². The van der Waals surface area contributed by atoms with E-state index in [1.54, 1.807) is 4.90 Å². The first kappa shape index (κ1) is 27.4. The first-order valence-electron chi connectivity index (χ1n) is 12.4. The number of esters is 1. The molecule has 0 aromatic heterocycles. The Morgan fingerprint density at radius 2 is 1.77 bits per heavy atom. The molecule has 0 radical (unpaired) electrons. The number of nitrogens with zero attached hydrogens (tertiary/aromatic N) is 3. The Kier molecular flexibility index (Phi) is 8.64.